The van der Waals surface area contributed by atoms with Gasteiger partial charge in [-0.05, 0) is 0 Å². The zero-order valence-corrected chi connectivity index (χ0v) is 8.92. The number of aliphatic hydroxyl groups excluding tert-OH is 1. The quantitative estimate of drug-likeness (QED) is 0.747. The molecule has 0 heterocycles. The van der Waals surface area contributed by atoms with Crippen molar-refractivity contribution in [1.82, 2.24) is 0 Å². The van der Waals surface area contributed by atoms with Crippen LogP contribution in [0.3, 0.4) is 0 Å². The zero-order chi connectivity index (χ0) is 9.28. The molecule has 0 aliphatic heterocycles. The summed E-state index contributed by atoms with van der Waals surface area (Å²) >= 11 is 0. The molecule has 3 N–H and O–H groups in total. The van der Waals surface area contributed by atoms with E-state index in [1.54, 1.807) is 0 Å². The van der Waals surface area contributed by atoms with Gasteiger partial charge in [-0.25, -0.2) is 13.2 Å². The van der Waals surface area contributed by atoms with Crippen LogP contribution in [0.4, 0.5) is 26.3 Å². The van der Waals surface area contributed by atoms with Crippen LogP contribution in [-0.4, -0.2) is 35.5 Å². The van der Waals surface area contributed by atoms with Gasteiger partial charge in [0.25, 0.3) is 6.17 Å². The summed E-state index contributed by atoms with van der Waals surface area (Å²) < 4.78 is 68.5. The summed E-state index contributed by atoms with van der Waals surface area (Å²) in [6.45, 7) is -2.16. The molecule has 0 aromatic heterocycles. The molecule has 9 heteroatoms. The maximum absolute atomic E-state index is 11.7. The Morgan fingerprint density at radius 1 is 1.08 bits per heavy atom. The van der Waals surface area contributed by atoms with Crippen molar-refractivity contribution in [3.05, 3.63) is 0 Å². The molecular weight excluding hydrogens is 283 g/mol. The van der Waals surface area contributed by atoms with Crippen LogP contribution in [0, 0.1) is 0 Å². The molecule has 0 saturated heterocycles. The van der Waals surface area contributed by atoms with Gasteiger partial charge in [-0.15, -0.1) is 0 Å². The Bertz CT molecular complexity index is 137. The third-order valence-electron chi connectivity index (χ3n) is 0.869. The predicted octanol–water partition coefficient (Wildman–Crippen LogP) is 0.687. The Balaban J connectivity index is -0.000000500. The normalized spacial score (nSPS) is 14.1. The van der Waals surface area contributed by atoms with Gasteiger partial charge in [0.05, 0.1) is 0 Å². The zero-order valence-electron chi connectivity index (χ0n) is 6.08. The standard InChI is InChI=1S/C4H4F6O.H2O.Y/c5-2(4(8,9)10)3(6,7)1-11;;/h2,11H,1H2;1H2;. The van der Waals surface area contributed by atoms with E-state index in [4.69, 9.17) is 5.11 Å². The number of rotatable bonds is 2. The van der Waals surface area contributed by atoms with Crippen LogP contribution in [0.15, 0.2) is 0 Å². The first-order valence-corrected chi connectivity index (χ1v) is 2.41. The summed E-state index contributed by atoms with van der Waals surface area (Å²) in [5, 5.41) is 7.64. The number of alkyl halides is 6. The minimum atomic E-state index is -5.63. The molecule has 1 radical (unpaired) electrons. The van der Waals surface area contributed by atoms with Gasteiger partial charge in [0.1, 0.15) is 6.61 Å². The summed E-state index contributed by atoms with van der Waals surface area (Å²) in [6.07, 6.45) is -9.94. The molecule has 0 rings (SSSR count). The Hall–Kier alpha value is 0.604. The minimum Gasteiger partial charge on any atom is -0.412 e. The van der Waals surface area contributed by atoms with Gasteiger partial charge in [0.15, 0.2) is 0 Å². The molecule has 0 spiro atoms. The molecule has 2 nitrogen and oxygen atoms in total. The van der Waals surface area contributed by atoms with Gasteiger partial charge in [-0.2, -0.15) is 13.2 Å². The van der Waals surface area contributed by atoms with Gasteiger partial charge >= 0.3 is 12.1 Å². The van der Waals surface area contributed by atoms with Crippen molar-refractivity contribution in [3.8, 4) is 0 Å². The molecule has 0 aromatic rings. The monoisotopic (exact) mass is 289 g/mol. The van der Waals surface area contributed by atoms with Gasteiger partial charge in [0, 0.05) is 32.7 Å². The second-order valence-electron chi connectivity index (χ2n) is 1.82. The minimum absolute atomic E-state index is 0. The molecule has 0 aliphatic rings. The van der Waals surface area contributed by atoms with Crippen molar-refractivity contribution in [2.45, 2.75) is 18.3 Å². The first-order chi connectivity index (χ1) is 4.72. The summed E-state index contributed by atoms with van der Waals surface area (Å²) in [4.78, 5) is 0. The fourth-order valence-corrected chi connectivity index (χ4v) is 0.320. The van der Waals surface area contributed by atoms with E-state index in [-0.39, 0.29) is 38.2 Å². The van der Waals surface area contributed by atoms with Crippen molar-refractivity contribution >= 4 is 0 Å². The summed E-state index contributed by atoms with van der Waals surface area (Å²) in [5.41, 5.74) is 0. The molecule has 13 heavy (non-hydrogen) atoms. The van der Waals surface area contributed by atoms with Crippen molar-refractivity contribution < 1.29 is 69.6 Å². The third kappa shape index (κ3) is 5.82. The summed E-state index contributed by atoms with van der Waals surface area (Å²) in [7, 11) is 0. The average molecular weight is 289 g/mol. The van der Waals surface area contributed by atoms with Crippen LogP contribution >= 0.6 is 0 Å². The third-order valence-corrected chi connectivity index (χ3v) is 0.869. The fraction of sp³-hybridized carbons (Fsp3) is 1.00. The largest absolute Gasteiger partial charge is 0.425 e. The molecule has 0 aliphatic carbocycles. The van der Waals surface area contributed by atoms with Crippen LogP contribution in [0.1, 0.15) is 0 Å². The number of hydrogen-bond acceptors (Lipinski definition) is 1. The molecular formula is C4H6F6O2Y. The van der Waals surface area contributed by atoms with Crippen molar-refractivity contribution in [3.63, 3.8) is 0 Å². The topological polar surface area (TPSA) is 51.7 Å². The van der Waals surface area contributed by atoms with E-state index in [1.807, 2.05) is 0 Å². The smallest absolute Gasteiger partial charge is 0.412 e. The average Bonchev–Trinajstić information content (AvgIpc) is 1.84. The van der Waals surface area contributed by atoms with Crippen molar-refractivity contribution in [1.29, 1.82) is 0 Å². The predicted molar refractivity (Wildman–Crippen MR) is 26.6 cm³/mol. The van der Waals surface area contributed by atoms with Crippen LogP contribution in [0.2, 0.25) is 0 Å². The Morgan fingerprint density at radius 2 is 1.38 bits per heavy atom. The second-order valence-corrected chi connectivity index (χ2v) is 1.82. The van der Waals surface area contributed by atoms with Crippen LogP contribution in [-0.2, 0) is 32.7 Å². The Morgan fingerprint density at radius 3 is 1.46 bits per heavy atom. The van der Waals surface area contributed by atoms with E-state index in [0.717, 1.165) is 0 Å². The van der Waals surface area contributed by atoms with E-state index in [0.29, 0.717) is 0 Å². The Labute approximate surface area is 94.5 Å². The molecule has 0 bridgehead atoms. The molecule has 1 atom stereocenters. The summed E-state index contributed by atoms with van der Waals surface area (Å²) in [5.74, 6) is -4.75. The van der Waals surface area contributed by atoms with Crippen LogP contribution in [0.25, 0.3) is 0 Å². The first-order valence-electron chi connectivity index (χ1n) is 2.41. The molecule has 0 aromatic carbocycles. The van der Waals surface area contributed by atoms with E-state index in [1.165, 1.54) is 0 Å². The number of hydrogen-bond donors (Lipinski definition) is 1. The van der Waals surface area contributed by atoms with Gasteiger partial charge in [-0.3, -0.25) is 0 Å². The maximum atomic E-state index is 11.7. The van der Waals surface area contributed by atoms with E-state index < -0.39 is 24.9 Å². The van der Waals surface area contributed by atoms with Crippen molar-refractivity contribution in [2.24, 2.45) is 0 Å². The number of aliphatic hydroxyl groups is 1. The van der Waals surface area contributed by atoms with Crippen LogP contribution < -0.4 is 0 Å². The van der Waals surface area contributed by atoms with Gasteiger partial charge < -0.3 is 10.6 Å². The molecule has 0 amide bonds. The van der Waals surface area contributed by atoms with E-state index in [9.17, 15) is 26.3 Å². The van der Waals surface area contributed by atoms with E-state index >= 15 is 0 Å². The summed E-state index contributed by atoms with van der Waals surface area (Å²) in [6, 6.07) is 0. The number of halogens is 6. The van der Waals surface area contributed by atoms with E-state index in [2.05, 4.69) is 0 Å². The van der Waals surface area contributed by atoms with Gasteiger partial charge in [0.2, 0.25) is 0 Å². The molecule has 0 fully saturated rings. The Kier molecular flexibility index (Phi) is 9.10. The van der Waals surface area contributed by atoms with Gasteiger partial charge in [-0.1, -0.05) is 0 Å². The second kappa shape index (κ2) is 6.16. The fourth-order valence-electron chi connectivity index (χ4n) is 0.320. The van der Waals surface area contributed by atoms with Crippen LogP contribution in [0.5, 0.6) is 0 Å². The SMILES string of the molecule is O.OCC(F)(F)C(F)C(F)(F)F.[Y]. The van der Waals surface area contributed by atoms with Crippen molar-refractivity contribution in [2.75, 3.05) is 6.61 Å². The maximum Gasteiger partial charge on any atom is 0.425 e. The molecule has 0 saturated carbocycles. The molecule has 1 unspecified atom stereocenters. The molecule has 79 valence electrons. The first kappa shape index (κ1) is 19.2.